The molecule has 0 aliphatic rings. The molecular formula is C22H27N5O4. The Morgan fingerprint density at radius 2 is 1.90 bits per heavy atom. The molecule has 31 heavy (non-hydrogen) atoms. The molecule has 0 bridgehead atoms. The maximum atomic E-state index is 13.0. The largest absolute Gasteiger partial charge is 0.448 e. The first-order chi connectivity index (χ1) is 14.8. The van der Waals surface area contributed by atoms with Crippen LogP contribution in [0.3, 0.4) is 0 Å². The molecule has 0 radical (unpaired) electrons. The van der Waals surface area contributed by atoms with Crippen LogP contribution in [0, 0.1) is 5.41 Å². The lowest BCUT2D eigenvalue weighted by Gasteiger charge is -2.23. The molecule has 2 aromatic rings. The molecule has 0 unspecified atom stereocenters. The van der Waals surface area contributed by atoms with E-state index in [0.29, 0.717) is 16.8 Å². The van der Waals surface area contributed by atoms with Crippen molar-refractivity contribution in [2.45, 2.75) is 6.92 Å². The molecule has 0 spiro atoms. The lowest BCUT2D eigenvalue weighted by Crippen LogP contribution is -2.36. The number of aliphatic hydroxyl groups excluding tert-OH is 1. The summed E-state index contributed by atoms with van der Waals surface area (Å²) in [6.07, 6.45) is 2.30. The molecule has 164 valence electrons. The van der Waals surface area contributed by atoms with Crippen LogP contribution in [0.4, 0.5) is 16.3 Å². The second-order valence-electron chi connectivity index (χ2n) is 6.72. The highest BCUT2D eigenvalue weighted by Gasteiger charge is 2.17. The van der Waals surface area contributed by atoms with E-state index in [1.165, 1.54) is 29.1 Å². The SMILES string of the molecule is C/C(=C\C(=O)N(CCOC(=O)N(C)CCO)c1ccccc1)C(=N)c1cccnc1N. The number of aromatic nitrogens is 1. The Labute approximate surface area is 181 Å². The second kappa shape index (κ2) is 11.5. The number of pyridine rings is 1. The Morgan fingerprint density at radius 3 is 2.55 bits per heavy atom. The van der Waals surface area contributed by atoms with Crippen molar-refractivity contribution in [2.75, 3.05) is 44.0 Å². The third-order valence-corrected chi connectivity index (χ3v) is 4.46. The van der Waals surface area contributed by atoms with E-state index in [0.717, 1.165) is 0 Å². The molecule has 0 aliphatic heterocycles. The van der Waals surface area contributed by atoms with Gasteiger partial charge in [0.2, 0.25) is 0 Å². The second-order valence-corrected chi connectivity index (χ2v) is 6.72. The van der Waals surface area contributed by atoms with E-state index >= 15 is 0 Å². The highest BCUT2D eigenvalue weighted by Crippen LogP contribution is 2.17. The Balaban J connectivity index is 2.15. The smallest absolute Gasteiger partial charge is 0.409 e. The van der Waals surface area contributed by atoms with Crippen LogP contribution < -0.4 is 10.6 Å². The molecule has 0 saturated heterocycles. The van der Waals surface area contributed by atoms with E-state index in [4.69, 9.17) is 21.0 Å². The van der Waals surface area contributed by atoms with E-state index in [1.54, 1.807) is 43.3 Å². The van der Waals surface area contributed by atoms with E-state index in [-0.39, 0.29) is 43.7 Å². The summed E-state index contributed by atoms with van der Waals surface area (Å²) in [5.74, 6) is -0.151. The van der Waals surface area contributed by atoms with E-state index < -0.39 is 6.09 Å². The van der Waals surface area contributed by atoms with Crippen LogP contribution in [0.15, 0.2) is 60.3 Å². The third kappa shape index (κ3) is 6.65. The topological polar surface area (TPSA) is 133 Å². The predicted molar refractivity (Wildman–Crippen MR) is 119 cm³/mol. The van der Waals surface area contributed by atoms with Crippen molar-refractivity contribution in [3.63, 3.8) is 0 Å². The van der Waals surface area contributed by atoms with Gasteiger partial charge in [0.1, 0.15) is 12.4 Å². The van der Waals surface area contributed by atoms with Crippen molar-refractivity contribution in [1.82, 2.24) is 9.88 Å². The van der Waals surface area contributed by atoms with Crippen LogP contribution in [0.2, 0.25) is 0 Å². The molecule has 0 atom stereocenters. The average molecular weight is 425 g/mol. The highest BCUT2D eigenvalue weighted by molar-refractivity contribution is 6.16. The Morgan fingerprint density at radius 1 is 1.19 bits per heavy atom. The fraction of sp³-hybridized carbons (Fsp3) is 0.273. The maximum Gasteiger partial charge on any atom is 0.409 e. The predicted octanol–water partition coefficient (Wildman–Crippen LogP) is 2.07. The van der Waals surface area contributed by atoms with Gasteiger partial charge >= 0.3 is 6.09 Å². The normalized spacial score (nSPS) is 11.0. The molecule has 2 rings (SSSR count). The number of aliphatic hydroxyl groups is 1. The molecule has 9 heteroatoms. The number of allylic oxidation sites excluding steroid dienone is 1. The Kier molecular flexibility index (Phi) is 8.71. The van der Waals surface area contributed by atoms with Gasteiger partial charge in [0.25, 0.3) is 5.91 Å². The van der Waals surface area contributed by atoms with Gasteiger partial charge in [-0.3, -0.25) is 10.2 Å². The summed E-state index contributed by atoms with van der Waals surface area (Å²) in [6, 6.07) is 12.3. The van der Waals surface area contributed by atoms with E-state index in [2.05, 4.69) is 4.98 Å². The van der Waals surface area contributed by atoms with Crippen LogP contribution in [0.5, 0.6) is 0 Å². The number of carbonyl (C=O) groups excluding carboxylic acids is 2. The summed E-state index contributed by atoms with van der Waals surface area (Å²) in [4.78, 5) is 31.6. The first-order valence-corrected chi connectivity index (χ1v) is 9.68. The summed E-state index contributed by atoms with van der Waals surface area (Å²) in [7, 11) is 1.51. The van der Waals surface area contributed by atoms with Gasteiger partial charge in [-0.2, -0.15) is 0 Å². The number of anilines is 2. The van der Waals surface area contributed by atoms with Crippen LogP contribution in [0.25, 0.3) is 0 Å². The quantitative estimate of drug-likeness (QED) is 0.416. The van der Waals surface area contributed by atoms with Crippen LogP contribution in [-0.4, -0.2) is 66.1 Å². The van der Waals surface area contributed by atoms with Gasteiger partial charge in [-0.05, 0) is 36.8 Å². The number of hydrogen-bond acceptors (Lipinski definition) is 7. The molecular weight excluding hydrogens is 398 g/mol. The van der Waals surface area contributed by atoms with Crippen molar-refractivity contribution in [2.24, 2.45) is 0 Å². The fourth-order valence-electron chi connectivity index (χ4n) is 2.73. The molecule has 0 saturated carbocycles. The van der Waals surface area contributed by atoms with Gasteiger partial charge in [0.15, 0.2) is 0 Å². The zero-order valence-corrected chi connectivity index (χ0v) is 17.6. The number of nitrogens with one attached hydrogen (secondary N) is 1. The number of nitrogen functional groups attached to an aromatic ring is 1. The van der Waals surface area contributed by atoms with Gasteiger partial charge in [0, 0.05) is 37.1 Å². The van der Waals surface area contributed by atoms with E-state index in [1.807, 2.05) is 6.07 Å². The minimum absolute atomic E-state index is 0.0326. The minimum Gasteiger partial charge on any atom is -0.448 e. The molecule has 1 heterocycles. The molecule has 2 amide bonds. The molecule has 0 fully saturated rings. The standard InChI is InChI=1S/C22H27N5O4/c1-16(20(23)18-9-6-10-25-21(18)24)15-19(29)27(17-7-4-3-5-8-17)12-14-31-22(30)26(2)11-13-28/h3-10,15,23,28H,11-14H2,1-2H3,(H2,24,25)/b16-15+,23-20?. The monoisotopic (exact) mass is 425 g/mol. The van der Waals surface area contributed by atoms with Gasteiger partial charge in [-0.25, -0.2) is 9.78 Å². The zero-order valence-electron chi connectivity index (χ0n) is 17.6. The lowest BCUT2D eigenvalue weighted by atomic mass is 10.0. The van der Waals surface area contributed by atoms with Gasteiger partial charge in [-0.15, -0.1) is 0 Å². The zero-order chi connectivity index (χ0) is 22.8. The average Bonchev–Trinajstić information content (AvgIpc) is 2.77. The fourth-order valence-corrected chi connectivity index (χ4v) is 2.73. The molecule has 1 aromatic heterocycles. The number of benzene rings is 1. The summed E-state index contributed by atoms with van der Waals surface area (Å²) in [5, 5.41) is 17.3. The van der Waals surface area contributed by atoms with E-state index in [9.17, 15) is 9.59 Å². The Bertz CT molecular complexity index is 946. The van der Waals surface area contributed by atoms with Crippen molar-refractivity contribution in [1.29, 1.82) is 5.41 Å². The first-order valence-electron chi connectivity index (χ1n) is 9.68. The summed E-state index contributed by atoms with van der Waals surface area (Å²) < 4.78 is 5.19. The highest BCUT2D eigenvalue weighted by atomic mass is 16.6. The number of rotatable bonds is 9. The number of para-hydroxylation sites is 1. The van der Waals surface area contributed by atoms with Gasteiger partial charge < -0.3 is 25.4 Å². The molecule has 9 nitrogen and oxygen atoms in total. The van der Waals surface area contributed by atoms with Crippen LogP contribution in [-0.2, 0) is 9.53 Å². The number of ether oxygens (including phenoxy) is 1. The van der Waals surface area contributed by atoms with Crippen molar-refractivity contribution in [3.05, 3.63) is 65.9 Å². The summed E-state index contributed by atoms with van der Waals surface area (Å²) in [6.45, 7) is 1.72. The molecule has 4 N–H and O–H groups in total. The maximum absolute atomic E-state index is 13.0. The summed E-state index contributed by atoms with van der Waals surface area (Å²) >= 11 is 0. The van der Waals surface area contributed by atoms with Gasteiger partial charge in [0.05, 0.1) is 18.9 Å². The number of nitrogens with two attached hydrogens (primary N) is 1. The van der Waals surface area contributed by atoms with Crippen molar-refractivity contribution < 1.29 is 19.4 Å². The van der Waals surface area contributed by atoms with Gasteiger partial charge in [-0.1, -0.05) is 18.2 Å². The summed E-state index contributed by atoms with van der Waals surface area (Å²) in [5.41, 5.74) is 7.43. The molecule has 0 aliphatic carbocycles. The van der Waals surface area contributed by atoms with Crippen LogP contribution in [0.1, 0.15) is 12.5 Å². The van der Waals surface area contributed by atoms with Crippen molar-refractivity contribution >= 4 is 29.2 Å². The minimum atomic E-state index is -0.588. The Hall–Kier alpha value is -3.72. The molecule has 1 aromatic carbocycles. The number of likely N-dealkylation sites (N-methyl/N-ethyl adjacent to an activating group) is 1. The van der Waals surface area contributed by atoms with Crippen LogP contribution >= 0.6 is 0 Å². The first kappa shape index (κ1) is 23.6. The lowest BCUT2D eigenvalue weighted by molar-refractivity contribution is -0.114. The number of amides is 2. The number of hydrogen-bond donors (Lipinski definition) is 3. The third-order valence-electron chi connectivity index (χ3n) is 4.46. The van der Waals surface area contributed by atoms with Crippen molar-refractivity contribution in [3.8, 4) is 0 Å². The number of carbonyl (C=O) groups is 2. The number of nitrogens with zero attached hydrogens (tertiary/aromatic N) is 3.